The third-order valence-electron chi connectivity index (χ3n) is 4.71. The van der Waals surface area contributed by atoms with Gasteiger partial charge in [0.05, 0.1) is 0 Å². The first kappa shape index (κ1) is 15.0. The minimum atomic E-state index is -0.819. The molecule has 1 unspecified atom stereocenters. The fraction of sp³-hybridized carbons (Fsp3) is 0.588. The lowest BCUT2D eigenvalue weighted by Gasteiger charge is -2.37. The zero-order valence-corrected chi connectivity index (χ0v) is 12.5. The van der Waals surface area contributed by atoms with Crippen molar-refractivity contribution in [2.45, 2.75) is 38.5 Å². The largest absolute Gasteiger partial charge is 0.481 e. The lowest BCUT2D eigenvalue weighted by Crippen LogP contribution is -2.47. The molecule has 1 fully saturated rings. The van der Waals surface area contributed by atoms with E-state index in [1.807, 2.05) is 37.3 Å². The van der Waals surface area contributed by atoms with Crippen molar-refractivity contribution in [3.05, 3.63) is 35.9 Å². The molecule has 3 nitrogen and oxygen atoms in total. The summed E-state index contributed by atoms with van der Waals surface area (Å²) in [6.07, 6.45) is 3.63. The van der Waals surface area contributed by atoms with Gasteiger partial charge in [-0.2, -0.15) is 0 Å². The maximum absolute atomic E-state index is 11.8. The predicted octanol–water partition coefficient (Wildman–Crippen LogP) is 3.15. The second-order valence-electron chi connectivity index (χ2n) is 6.13. The Morgan fingerprint density at radius 3 is 2.40 bits per heavy atom. The van der Waals surface area contributed by atoms with Gasteiger partial charge in [-0.1, -0.05) is 43.7 Å². The molecule has 1 aliphatic heterocycles. The summed E-state index contributed by atoms with van der Waals surface area (Å²) in [6.45, 7) is 6.73. The zero-order valence-electron chi connectivity index (χ0n) is 12.5. The van der Waals surface area contributed by atoms with Crippen LogP contribution in [0.5, 0.6) is 0 Å². The smallest absolute Gasteiger partial charge is 0.315 e. The van der Waals surface area contributed by atoms with Gasteiger partial charge in [0.1, 0.15) is 5.41 Å². The summed E-state index contributed by atoms with van der Waals surface area (Å²) >= 11 is 0. The average Bonchev–Trinajstić information content (AvgIpc) is 2.48. The highest BCUT2D eigenvalue weighted by Crippen LogP contribution is 2.28. The van der Waals surface area contributed by atoms with Crippen LogP contribution in [0.3, 0.4) is 0 Å². The van der Waals surface area contributed by atoms with Crippen LogP contribution in [0.25, 0.3) is 0 Å². The van der Waals surface area contributed by atoms with Gasteiger partial charge >= 0.3 is 5.97 Å². The summed E-state index contributed by atoms with van der Waals surface area (Å²) in [5, 5.41) is 9.69. The highest BCUT2D eigenvalue weighted by molar-refractivity contribution is 5.81. The van der Waals surface area contributed by atoms with E-state index in [9.17, 15) is 9.90 Å². The van der Waals surface area contributed by atoms with Gasteiger partial charge in [0.15, 0.2) is 0 Å². The van der Waals surface area contributed by atoms with Gasteiger partial charge in [-0.25, -0.2) is 0 Å². The molecule has 110 valence electrons. The SMILES string of the molecule is CCC1CCN(CC(C)(C(=O)O)c2ccccc2)CC1. The molecule has 0 amide bonds. The molecule has 1 atom stereocenters. The normalized spacial score (nSPS) is 20.5. The maximum Gasteiger partial charge on any atom is 0.315 e. The Hall–Kier alpha value is -1.35. The van der Waals surface area contributed by atoms with Crippen LogP contribution in [0.15, 0.2) is 30.3 Å². The molecular formula is C17H25NO2. The molecule has 2 rings (SSSR count). The monoisotopic (exact) mass is 275 g/mol. The number of likely N-dealkylation sites (tertiary alicyclic amines) is 1. The number of hydrogen-bond donors (Lipinski definition) is 1. The number of nitrogens with zero attached hydrogens (tertiary/aromatic N) is 1. The van der Waals surface area contributed by atoms with Crippen molar-refractivity contribution in [1.29, 1.82) is 0 Å². The summed E-state index contributed by atoms with van der Waals surface area (Å²) in [4.78, 5) is 14.1. The fourth-order valence-electron chi connectivity index (χ4n) is 3.09. The van der Waals surface area contributed by atoms with E-state index in [-0.39, 0.29) is 0 Å². The highest BCUT2D eigenvalue weighted by Gasteiger charge is 2.37. The molecule has 0 aliphatic carbocycles. The Labute approximate surface area is 121 Å². The molecule has 20 heavy (non-hydrogen) atoms. The van der Waals surface area contributed by atoms with E-state index in [1.54, 1.807) is 0 Å². The first-order valence-corrected chi connectivity index (χ1v) is 7.57. The summed E-state index contributed by atoms with van der Waals surface area (Å²) < 4.78 is 0. The fourth-order valence-corrected chi connectivity index (χ4v) is 3.09. The first-order valence-electron chi connectivity index (χ1n) is 7.57. The van der Waals surface area contributed by atoms with Gasteiger partial charge in [0, 0.05) is 6.54 Å². The molecule has 1 aliphatic rings. The number of hydrogen-bond acceptors (Lipinski definition) is 2. The second kappa shape index (κ2) is 6.40. The number of carbonyl (C=O) groups is 1. The number of piperidine rings is 1. The number of rotatable bonds is 5. The number of carboxylic acid groups (broad SMARTS) is 1. The molecule has 0 bridgehead atoms. The number of aliphatic carboxylic acids is 1. The molecular weight excluding hydrogens is 250 g/mol. The zero-order chi connectivity index (χ0) is 14.6. The Morgan fingerprint density at radius 1 is 1.30 bits per heavy atom. The molecule has 0 spiro atoms. The van der Waals surface area contributed by atoms with Crippen LogP contribution in [0, 0.1) is 5.92 Å². The first-order chi connectivity index (χ1) is 9.56. The van der Waals surface area contributed by atoms with Crippen LogP contribution in [-0.4, -0.2) is 35.6 Å². The van der Waals surface area contributed by atoms with E-state index >= 15 is 0 Å². The molecule has 0 saturated carbocycles. The van der Waals surface area contributed by atoms with Gasteiger partial charge < -0.3 is 10.0 Å². The number of benzene rings is 1. The summed E-state index contributed by atoms with van der Waals surface area (Å²) in [6, 6.07) is 9.61. The van der Waals surface area contributed by atoms with Crippen molar-refractivity contribution in [1.82, 2.24) is 4.90 Å². The second-order valence-corrected chi connectivity index (χ2v) is 6.13. The van der Waals surface area contributed by atoms with Gasteiger partial charge in [-0.15, -0.1) is 0 Å². The highest BCUT2D eigenvalue weighted by atomic mass is 16.4. The molecule has 1 saturated heterocycles. The van der Waals surface area contributed by atoms with Gasteiger partial charge in [-0.3, -0.25) is 4.79 Å². The van der Waals surface area contributed by atoms with Crippen molar-refractivity contribution in [2.24, 2.45) is 5.92 Å². The lowest BCUT2D eigenvalue weighted by molar-refractivity contribution is -0.144. The summed E-state index contributed by atoms with van der Waals surface area (Å²) in [7, 11) is 0. The van der Waals surface area contributed by atoms with Crippen LogP contribution in [0.1, 0.15) is 38.7 Å². The Bertz CT molecular complexity index is 438. The van der Waals surface area contributed by atoms with Crippen LogP contribution in [0.4, 0.5) is 0 Å². The van der Waals surface area contributed by atoms with Crippen molar-refractivity contribution in [2.75, 3.05) is 19.6 Å². The third-order valence-corrected chi connectivity index (χ3v) is 4.71. The van der Waals surface area contributed by atoms with Crippen molar-refractivity contribution >= 4 is 5.97 Å². The van der Waals surface area contributed by atoms with Gasteiger partial charge in [0.2, 0.25) is 0 Å². The topological polar surface area (TPSA) is 40.5 Å². The van der Waals surface area contributed by atoms with E-state index in [4.69, 9.17) is 0 Å². The van der Waals surface area contributed by atoms with E-state index in [2.05, 4.69) is 11.8 Å². The van der Waals surface area contributed by atoms with Crippen molar-refractivity contribution in [3.8, 4) is 0 Å². The van der Waals surface area contributed by atoms with E-state index < -0.39 is 11.4 Å². The Balaban J connectivity index is 2.09. The van der Waals surface area contributed by atoms with Gasteiger partial charge in [0.25, 0.3) is 0 Å². The molecule has 1 aromatic rings. The maximum atomic E-state index is 11.8. The average molecular weight is 275 g/mol. The van der Waals surface area contributed by atoms with E-state index in [1.165, 1.54) is 19.3 Å². The van der Waals surface area contributed by atoms with Crippen LogP contribution in [0.2, 0.25) is 0 Å². The van der Waals surface area contributed by atoms with Crippen LogP contribution < -0.4 is 0 Å². The predicted molar refractivity (Wildman–Crippen MR) is 80.9 cm³/mol. The Morgan fingerprint density at radius 2 is 1.90 bits per heavy atom. The summed E-state index contributed by atoms with van der Waals surface area (Å²) in [5.74, 6) is 0.0837. The standard InChI is InChI=1S/C17H25NO2/c1-3-14-9-11-18(12-10-14)13-17(2,16(19)20)15-7-5-4-6-8-15/h4-8,14H,3,9-13H2,1-2H3,(H,19,20). The molecule has 1 heterocycles. The quantitative estimate of drug-likeness (QED) is 0.897. The minimum absolute atomic E-state index is 0.600. The minimum Gasteiger partial charge on any atom is -0.481 e. The molecule has 3 heteroatoms. The van der Waals surface area contributed by atoms with Crippen molar-refractivity contribution in [3.63, 3.8) is 0 Å². The van der Waals surface area contributed by atoms with Crippen LogP contribution >= 0.6 is 0 Å². The molecule has 0 radical (unpaired) electrons. The van der Waals surface area contributed by atoms with Crippen LogP contribution in [-0.2, 0) is 10.2 Å². The molecule has 1 N–H and O–H groups in total. The molecule has 1 aromatic carbocycles. The third kappa shape index (κ3) is 3.21. The van der Waals surface area contributed by atoms with E-state index in [0.717, 1.165) is 24.6 Å². The summed E-state index contributed by atoms with van der Waals surface area (Å²) in [5.41, 5.74) is 0.0745. The lowest BCUT2D eigenvalue weighted by atomic mass is 9.81. The Kier molecular flexibility index (Phi) is 4.81. The van der Waals surface area contributed by atoms with Crippen molar-refractivity contribution < 1.29 is 9.90 Å². The molecule has 0 aromatic heterocycles. The number of carboxylic acids is 1. The van der Waals surface area contributed by atoms with Gasteiger partial charge in [-0.05, 0) is 44.3 Å². The van der Waals surface area contributed by atoms with E-state index in [0.29, 0.717) is 6.54 Å².